The van der Waals surface area contributed by atoms with Gasteiger partial charge in [0, 0.05) is 28.6 Å². The Hall–Kier alpha value is 0.0795. The van der Waals surface area contributed by atoms with Gasteiger partial charge in [-0.15, -0.1) is 0 Å². The molecule has 0 aliphatic rings. The minimum absolute atomic E-state index is 0. The fourth-order valence-corrected chi connectivity index (χ4v) is 0.469. The summed E-state index contributed by atoms with van der Waals surface area (Å²) in [5, 5.41) is 16.0. The van der Waals surface area contributed by atoms with Crippen LogP contribution in [0.3, 0.4) is 0 Å². The molecule has 1 radical (unpaired) electrons. The van der Waals surface area contributed by atoms with Gasteiger partial charge < -0.3 is 21.7 Å². The maximum Gasteiger partial charge on any atom is 0.321 e. The van der Waals surface area contributed by atoms with Crippen molar-refractivity contribution in [2.45, 2.75) is 12.1 Å². The second-order valence-corrected chi connectivity index (χ2v) is 2.98. The number of carboxylic acids is 2. The second-order valence-electron chi connectivity index (χ2n) is 2.25. The van der Waals surface area contributed by atoms with Crippen LogP contribution in [0, 0.1) is 0 Å². The molecule has 0 amide bonds. The van der Waals surface area contributed by atoms with E-state index in [1.54, 1.807) is 0 Å². The molecular formula is C6H14CuN2O4S2. The summed E-state index contributed by atoms with van der Waals surface area (Å²) in [5.41, 5.74) is 9.88. The third-order valence-electron chi connectivity index (χ3n) is 1.03. The van der Waals surface area contributed by atoms with Gasteiger partial charge in [0.15, 0.2) is 0 Å². The van der Waals surface area contributed by atoms with Crippen molar-refractivity contribution in [1.29, 1.82) is 0 Å². The molecule has 0 heterocycles. The van der Waals surface area contributed by atoms with Gasteiger partial charge in [0.2, 0.25) is 0 Å². The summed E-state index contributed by atoms with van der Waals surface area (Å²) < 4.78 is 0. The van der Waals surface area contributed by atoms with Gasteiger partial charge in [-0.1, -0.05) is 0 Å². The third-order valence-corrected chi connectivity index (χ3v) is 1.81. The van der Waals surface area contributed by atoms with Crippen LogP contribution in [-0.4, -0.2) is 45.7 Å². The molecule has 0 rings (SSSR count). The Bertz CT molecular complexity index is 176. The Labute approximate surface area is 109 Å². The van der Waals surface area contributed by atoms with Gasteiger partial charge in [0.25, 0.3) is 0 Å². The van der Waals surface area contributed by atoms with Crippen LogP contribution in [0.1, 0.15) is 0 Å². The van der Waals surface area contributed by atoms with Crippen LogP contribution in [0.15, 0.2) is 0 Å². The van der Waals surface area contributed by atoms with Gasteiger partial charge in [-0.25, -0.2) is 0 Å². The standard InChI is InChI=1S/2C3H7NO2S.Cu/c2*4-2(1-7)3(5)6;/h2*2,7H,1,4H2,(H,5,6);. The molecule has 15 heavy (non-hydrogen) atoms. The topological polar surface area (TPSA) is 127 Å². The Morgan fingerprint density at radius 3 is 1.20 bits per heavy atom. The van der Waals surface area contributed by atoms with Gasteiger partial charge in [-0.3, -0.25) is 9.59 Å². The number of carboxylic acid groups (broad SMARTS) is 2. The fraction of sp³-hybridized carbons (Fsp3) is 0.667. The molecule has 0 aromatic heterocycles. The number of nitrogens with two attached hydrogens (primary N) is 2. The van der Waals surface area contributed by atoms with Gasteiger partial charge in [0.05, 0.1) is 0 Å². The van der Waals surface area contributed by atoms with Crippen molar-refractivity contribution in [3.8, 4) is 0 Å². The number of rotatable bonds is 4. The predicted octanol–water partition coefficient (Wildman–Crippen LogP) is -1.35. The predicted molar refractivity (Wildman–Crippen MR) is 58.9 cm³/mol. The Kier molecular flexibility index (Phi) is 16.6. The molecule has 0 aromatic carbocycles. The molecule has 2 atom stereocenters. The summed E-state index contributed by atoms with van der Waals surface area (Å²) in [4.78, 5) is 19.5. The first-order valence-electron chi connectivity index (χ1n) is 3.55. The van der Waals surface area contributed by atoms with E-state index >= 15 is 0 Å². The third kappa shape index (κ3) is 14.1. The summed E-state index contributed by atoms with van der Waals surface area (Å²) in [6.07, 6.45) is 0. The van der Waals surface area contributed by atoms with E-state index in [4.69, 9.17) is 21.7 Å². The Balaban J connectivity index is -0.000000180. The summed E-state index contributed by atoms with van der Waals surface area (Å²) in [5.74, 6) is -1.63. The first kappa shape index (κ1) is 20.5. The van der Waals surface area contributed by atoms with Crippen LogP contribution in [0.2, 0.25) is 0 Å². The number of hydrogen-bond donors (Lipinski definition) is 6. The average Bonchev–Trinajstić information content (AvgIpc) is 2.15. The Morgan fingerprint density at radius 2 is 1.20 bits per heavy atom. The summed E-state index contributed by atoms with van der Waals surface area (Å²) in [6, 6.07) is -1.63. The van der Waals surface area contributed by atoms with Crippen LogP contribution < -0.4 is 11.5 Å². The summed E-state index contributed by atoms with van der Waals surface area (Å²) >= 11 is 7.30. The van der Waals surface area contributed by atoms with Crippen molar-refractivity contribution in [2.24, 2.45) is 11.5 Å². The van der Waals surface area contributed by atoms with Gasteiger partial charge >= 0.3 is 11.9 Å². The molecule has 6 N–H and O–H groups in total. The zero-order valence-corrected chi connectivity index (χ0v) is 10.4. The van der Waals surface area contributed by atoms with Crippen LogP contribution >= 0.6 is 25.3 Å². The first-order chi connectivity index (χ1) is 6.36. The fourth-order valence-electron chi connectivity index (χ4n) is 0.156. The number of carbonyl (C=O) groups is 2. The zero-order chi connectivity index (χ0) is 11.7. The van der Waals surface area contributed by atoms with E-state index in [9.17, 15) is 9.59 Å². The van der Waals surface area contributed by atoms with Gasteiger partial charge in [-0.2, -0.15) is 25.3 Å². The summed E-state index contributed by atoms with van der Waals surface area (Å²) in [6.45, 7) is 0. The van der Waals surface area contributed by atoms with Crippen LogP contribution in [-0.2, 0) is 26.7 Å². The van der Waals surface area contributed by atoms with Crippen molar-refractivity contribution in [3.63, 3.8) is 0 Å². The van der Waals surface area contributed by atoms with Crippen molar-refractivity contribution in [3.05, 3.63) is 0 Å². The molecule has 0 aliphatic heterocycles. The maximum absolute atomic E-state index is 9.76. The maximum atomic E-state index is 9.76. The van der Waals surface area contributed by atoms with Gasteiger partial charge in [-0.05, 0) is 0 Å². The van der Waals surface area contributed by atoms with Crippen molar-refractivity contribution in [2.75, 3.05) is 11.5 Å². The molecule has 0 aliphatic carbocycles. The van der Waals surface area contributed by atoms with E-state index < -0.39 is 24.0 Å². The van der Waals surface area contributed by atoms with Crippen LogP contribution in [0.4, 0.5) is 0 Å². The second kappa shape index (κ2) is 12.2. The molecule has 0 fully saturated rings. The molecule has 0 bridgehead atoms. The largest absolute Gasteiger partial charge is 0.480 e. The van der Waals surface area contributed by atoms with E-state index in [0.717, 1.165) is 0 Å². The molecule has 0 aromatic rings. The van der Waals surface area contributed by atoms with Crippen molar-refractivity contribution < 1.29 is 36.9 Å². The molecule has 0 saturated carbocycles. The number of aliphatic carboxylic acids is 2. The van der Waals surface area contributed by atoms with Crippen LogP contribution in [0.5, 0.6) is 0 Å². The SMILES string of the molecule is NC(CS)C(=O)O.NC(CS)C(=O)O.[Cu]. The number of hydrogen-bond acceptors (Lipinski definition) is 6. The van der Waals surface area contributed by atoms with E-state index in [1.165, 1.54) is 0 Å². The molecular weight excluding hydrogens is 292 g/mol. The molecule has 95 valence electrons. The molecule has 2 unspecified atom stereocenters. The number of thiol groups is 2. The monoisotopic (exact) mass is 305 g/mol. The first-order valence-corrected chi connectivity index (χ1v) is 4.81. The smallest absolute Gasteiger partial charge is 0.321 e. The summed E-state index contributed by atoms with van der Waals surface area (Å²) in [7, 11) is 0. The zero-order valence-electron chi connectivity index (χ0n) is 7.63. The van der Waals surface area contributed by atoms with Crippen molar-refractivity contribution in [1.82, 2.24) is 0 Å². The van der Waals surface area contributed by atoms with Crippen molar-refractivity contribution >= 4 is 37.2 Å². The quantitative estimate of drug-likeness (QED) is 0.282. The van der Waals surface area contributed by atoms with Crippen LogP contribution in [0.25, 0.3) is 0 Å². The molecule has 6 nitrogen and oxygen atoms in total. The minimum Gasteiger partial charge on any atom is -0.480 e. The normalized spacial score (nSPS) is 12.5. The van der Waals surface area contributed by atoms with E-state index in [-0.39, 0.29) is 28.6 Å². The molecule has 0 spiro atoms. The molecule has 9 heteroatoms. The Morgan fingerprint density at radius 1 is 1.00 bits per heavy atom. The molecule has 0 saturated heterocycles. The van der Waals surface area contributed by atoms with E-state index in [1.807, 2.05) is 0 Å². The van der Waals surface area contributed by atoms with E-state index in [0.29, 0.717) is 0 Å². The average molecular weight is 306 g/mol. The minimum atomic E-state index is -1.00. The van der Waals surface area contributed by atoms with E-state index in [2.05, 4.69) is 25.3 Å². The van der Waals surface area contributed by atoms with Gasteiger partial charge in [0.1, 0.15) is 12.1 Å².